The molecule has 0 spiro atoms. The standard InChI is InChI=1S/C42H24OS/c1-2-10-26-25(9-1)19-20-36-40-33(16-8-17-37(40)43-42(26)36)30-22-21-29(27-11-3-4-12-28(27)30)31-23-24-39-41-34(31)14-7-15-35(41)32-13-5-6-18-38(32)44-39/h1-24H. The minimum absolute atomic E-state index is 0.920. The summed E-state index contributed by atoms with van der Waals surface area (Å²) in [5, 5.41) is 9.82. The van der Waals surface area contributed by atoms with E-state index in [1.54, 1.807) is 0 Å². The van der Waals surface area contributed by atoms with E-state index in [2.05, 4.69) is 146 Å². The van der Waals surface area contributed by atoms with Crippen molar-refractivity contribution < 1.29 is 4.42 Å². The lowest BCUT2D eigenvalue weighted by molar-refractivity contribution is 0.673. The first-order valence-electron chi connectivity index (χ1n) is 15.0. The normalized spacial score (nSPS) is 12.5. The molecule has 0 saturated heterocycles. The summed E-state index contributed by atoms with van der Waals surface area (Å²) in [6.45, 7) is 0. The fourth-order valence-electron chi connectivity index (χ4n) is 7.36. The first-order chi connectivity index (χ1) is 21.8. The van der Waals surface area contributed by atoms with E-state index in [9.17, 15) is 0 Å². The number of furan rings is 1. The van der Waals surface area contributed by atoms with Crippen LogP contribution in [0.3, 0.4) is 0 Å². The van der Waals surface area contributed by atoms with E-state index in [1.807, 2.05) is 11.8 Å². The molecule has 0 fully saturated rings. The molecule has 1 aromatic heterocycles. The van der Waals surface area contributed by atoms with Crippen LogP contribution in [0.1, 0.15) is 0 Å². The van der Waals surface area contributed by atoms with Gasteiger partial charge in [-0.1, -0.05) is 133 Å². The van der Waals surface area contributed by atoms with Gasteiger partial charge in [0.2, 0.25) is 0 Å². The van der Waals surface area contributed by atoms with Gasteiger partial charge in [0.25, 0.3) is 0 Å². The van der Waals surface area contributed by atoms with Crippen molar-refractivity contribution in [3.05, 3.63) is 146 Å². The molecule has 0 atom stereocenters. The summed E-state index contributed by atoms with van der Waals surface area (Å²) in [7, 11) is 0. The fourth-order valence-corrected chi connectivity index (χ4v) is 8.49. The number of benzene rings is 8. The summed E-state index contributed by atoms with van der Waals surface area (Å²) in [4.78, 5) is 2.65. The molecule has 0 aliphatic carbocycles. The topological polar surface area (TPSA) is 13.1 Å². The molecule has 10 rings (SSSR count). The Morgan fingerprint density at radius 3 is 1.82 bits per heavy atom. The van der Waals surface area contributed by atoms with Gasteiger partial charge in [-0.3, -0.25) is 0 Å². The van der Waals surface area contributed by atoms with Crippen molar-refractivity contribution in [3.63, 3.8) is 0 Å². The van der Waals surface area contributed by atoms with Gasteiger partial charge in [-0.25, -0.2) is 0 Å². The molecule has 0 amide bonds. The highest BCUT2D eigenvalue weighted by atomic mass is 32.2. The molecule has 0 radical (unpaired) electrons. The van der Waals surface area contributed by atoms with Crippen molar-refractivity contribution in [2.75, 3.05) is 0 Å². The third-order valence-corrected chi connectivity index (χ3v) is 10.4. The monoisotopic (exact) mass is 576 g/mol. The zero-order valence-corrected chi connectivity index (χ0v) is 24.5. The molecule has 0 saturated carbocycles. The van der Waals surface area contributed by atoms with Crippen LogP contribution in [0.2, 0.25) is 0 Å². The van der Waals surface area contributed by atoms with E-state index in [4.69, 9.17) is 4.42 Å². The maximum absolute atomic E-state index is 6.54. The van der Waals surface area contributed by atoms with Crippen LogP contribution < -0.4 is 0 Å². The van der Waals surface area contributed by atoms with Crippen LogP contribution in [0, 0.1) is 0 Å². The summed E-state index contributed by atoms with van der Waals surface area (Å²) in [5.41, 5.74) is 9.46. The van der Waals surface area contributed by atoms with Crippen LogP contribution in [-0.4, -0.2) is 0 Å². The van der Waals surface area contributed by atoms with Gasteiger partial charge in [-0.2, -0.15) is 0 Å². The van der Waals surface area contributed by atoms with Gasteiger partial charge in [0.15, 0.2) is 0 Å². The first-order valence-corrected chi connectivity index (χ1v) is 15.8. The maximum atomic E-state index is 6.54. The lowest BCUT2D eigenvalue weighted by Gasteiger charge is -2.22. The maximum Gasteiger partial charge on any atom is 0.143 e. The van der Waals surface area contributed by atoms with Crippen molar-refractivity contribution in [3.8, 4) is 33.4 Å². The molecular weight excluding hydrogens is 553 g/mol. The largest absolute Gasteiger partial charge is 0.455 e. The number of hydrogen-bond donors (Lipinski definition) is 0. The van der Waals surface area contributed by atoms with Gasteiger partial charge >= 0.3 is 0 Å². The molecule has 1 nitrogen and oxygen atoms in total. The van der Waals surface area contributed by atoms with E-state index >= 15 is 0 Å². The lowest BCUT2D eigenvalue weighted by Crippen LogP contribution is -1.94. The molecule has 44 heavy (non-hydrogen) atoms. The Hall–Kier alpha value is -5.31. The van der Waals surface area contributed by atoms with Crippen molar-refractivity contribution >= 4 is 66.0 Å². The predicted octanol–water partition coefficient (Wildman–Crippen LogP) is 12.5. The summed E-state index contributed by atoms with van der Waals surface area (Å²) >= 11 is 1.88. The van der Waals surface area contributed by atoms with E-state index in [1.165, 1.54) is 75.5 Å². The summed E-state index contributed by atoms with van der Waals surface area (Å²) in [6.07, 6.45) is 0. The fraction of sp³-hybridized carbons (Fsp3) is 0. The zero-order valence-electron chi connectivity index (χ0n) is 23.7. The minimum Gasteiger partial charge on any atom is -0.455 e. The second-order valence-electron chi connectivity index (χ2n) is 11.6. The molecule has 2 heteroatoms. The summed E-state index contributed by atoms with van der Waals surface area (Å²) in [6, 6.07) is 53.0. The molecular formula is C42H24OS. The zero-order chi connectivity index (χ0) is 28.8. The molecule has 0 unspecified atom stereocenters. The molecule has 0 N–H and O–H groups in total. The van der Waals surface area contributed by atoms with Gasteiger partial charge in [0.1, 0.15) is 11.2 Å². The van der Waals surface area contributed by atoms with E-state index < -0.39 is 0 Å². The Bertz CT molecular complexity index is 2640. The van der Waals surface area contributed by atoms with Gasteiger partial charge in [0, 0.05) is 31.3 Å². The molecule has 204 valence electrons. The first kappa shape index (κ1) is 24.2. The Kier molecular flexibility index (Phi) is 5.00. The molecule has 1 aliphatic rings. The van der Waals surface area contributed by atoms with Crippen LogP contribution in [0.25, 0.3) is 87.6 Å². The molecule has 2 heterocycles. The highest BCUT2D eigenvalue weighted by Crippen LogP contribution is 2.50. The highest BCUT2D eigenvalue weighted by molar-refractivity contribution is 7.99. The molecule has 0 bridgehead atoms. The van der Waals surface area contributed by atoms with Crippen molar-refractivity contribution in [2.24, 2.45) is 0 Å². The Balaban J connectivity index is 1.23. The smallest absolute Gasteiger partial charge is 0.143 e. The van der Waals surface area contributed by atoms with Crippen LogP contribution >= 0.6 is 11.8 Å². The van der Waals surface area contributed by atoms with Crippen LogP contribution in [0.5, 0.6) is 0 Å². The molecule has 9 aromatic rings. The van der Waals surface area contributed by atoms with Crippen LogP contribution in [0.15, 0.2) is 160 Å². The third kappa shape index (κ3) is 3.32. The highest BCUT2D eigenvalue weighted by Gasteiger charge is 2.22. The summed E-state index contributed by atoms with van der Waals surface area (Å²) in [5.74, 6) is 0. The van der Waals surface area contributed by atoms with E-state index in [-0.39, 0.29) is 0 Å². The second kappa shape index (κ2) is 9.09. The van der Waals surface area contributed by atoms with Crippen LogP contribution in [-0.2, 0) is 0 Å². The SMILES string of the molecule is c1ccc2c(c1)Sc1ccc(-c3ccc(-c4cccc5oc6c7ccccc7ccc6c45)c4ccccc34)c3cccc-2c13. The van der Waals surface area contributed by atoms with Crippen molar-refractivity contribution in [1.82, 2.24) is 0 Å². The number of rotatable bonds is 2. The Morgan fingerprint density at radius 1 is 0.341 bits per heavy atom. The van der Waals surface area contributed by atoms with Gasteiger partial charge in [0.05, 0.1) is 0 Å². The Labute approximate surface area is 258 Å². The minimum atomic E-state index is 0.920. The molecule has 1 aliphatic heterocycles. The third-order valence-electron chi connectivity index (χ3n) is 9.29. The van der Waals surface area contributed by atoms with Gasteiger partial charge in [-0.15, -0.1) is 0 Å². The average Bonchev–Trinajstić information content (AvgIpc) is 3.48. The Morgan fingerprint density at radius 2 is 0.955 bits per heavy atom. The van der Waals surface area contributed by atoms with Gasteiger partial charge in [-0.05, 0) is 79.2 Å². The van der Waals surface area contributed by atoms with Crippen molar-refractivity contribution in [1.29, 1.82) is 0 Å². The predicted molar refractivity (Wildman–Crippen MR) is 187 cm³/mol. The average molecular weight is 577 g/mol. The number of fused-ring (bicyclic) bond motifs is 8. The van der Waals surface area contributed by atoms with E-state index in [0.717, 1.165) is 21.9 Å². The van der Waals surface area contributed by atoms with Crippen LogP contribution in [0.4, 0.5) is 0 Å². The van der Waals surface area contributed by atoms with E-state index in [0.29, 0.717) is 0 Å². The second-order valence-corrected chi connectivity index (χ2v) is 12.7. The lowest BCUT2D eigenvalue weighted by atomic mass is 9.87. The van der Waals surface area contributed by atoms with Crippen molar-refractivity contribution in [2.45, 2.75) is 9.79 Å². The quantitative estimate of drug-likeness (QED) is 0.203. The van der Waals surface area contributed by atoms with Gasteiger partial charge < -0.3 is 4.42 Å². The summed E-state index contributed by atoms with van der Waals surface area (Å²) < 4.78 is 6.54. The number of hydrogen-bond acceptors (Lipinski definition) is 2. The molecule has 8 aromatic carbocycles.